The fourth-order valence-electron chi connectivity index (χ4n) is 2.56. The molecule has 8 nitrogen and oxygen atoms in total. The first-order valence-electron chi connectivity index (χ1n) is 8.14. The Kier molecular flexibility index (Phi) is 5.37. The van der Waals surface area contributed by atoms with Crippen LogP contribution < -0.4 is 10.1 Å². The lowest BCUT2D eigenvalue weighted by molar-refractivity contribution is 0.0857. The summed E-state index contributed by atoms with van der Waals surface area (Å²) in [7, 11) is 0. The Morgan fingerprint density at radius 2 is 2.42 bits per heavy atom. The smallest absolute Gasteiger partial charge is 0.251 e. The summed E-state index contributed by atoms with van der Waals surface area (Å²) >= 11 is 0. The van der Waals surface area contributed by atoms with Crippen molar-refractivity contribution >= 4 is 5.91 Å². The van der Waals surface area contributed by atoms with Crippen molar-refractivity contribution in [2.75, 3.05) is 13.2 Å². The normalized spacial score (nSPS) is 17.0. The monoisotopic (exact) mass is 331 g/mol. The van der Waals surface area contributed by atoms with Crippen molar-refractivity contribution in [2.24, 2.45) is 0 Å². The van der Waals surface area contributed by atoms with Crippen molar-refractivity contribution in [1.29, 1.82) is 0 Å². The molecule has 0 radical (unpaired) electrons. The number of hydrogen-bond acceptors (Lipinski definition) is 6. The fraction of sp³-hybridized carbons (Fsp3) is 0.500. The van der Waals surface area contributed by atoms with Crippen LogP contribution in [-0.2, 0) is 17.9 Å². The summed E-state index contributed by atoms with van der Waals surface area (Å²) in [5.74, 6) is 1.12. The van der Waals surface area contributed by atoms with Gasteiger partial charge in [0.2, 0.25) is 0 Å². The molecule has 1 aromatic heterocycles. The topological polar surface area (TPSA) is 91.2 Å². The Morgan fingerprint density at radius 1 is 1.50 bits per heavy atom. The number of nitrogens with zero attached hydrogens (tertiary/aromatic N) is 4. The Bertz CT molecular complexity index is 682. The van der Waals surface area contributed by atoms with Gasteiger partial charge in [0.05, 0.1) is 6.10 Å². The van der Waals surface area contributed by atoms with Gasteiger partial charge in [-0.15, -0.1) is 5.10 Å². The number of aromatic nitrogens is 4. The minimum absolute atomic E-state index is 0.126. The molecule has 3 rings (SSSR count). The van der Waals surface area contributed by atoms with E-state index >= 15 is 0 Å². The molecule has 0 spiro atoms. The largest absolute Gasteiger partial charge is 0.486 e. The van der Waals surface area contributed by atoms with Crippen molar-refractivity contribution < 1.29 is 14.3 Å². The van der Waals surface area contributed by atoms with Gasteiger partial charge in [-0.3, -0.25) is 4.79 Å². The molecule has 0 aliphatic carbocycles. The maximum atomic E-state index is 12.2. The van der Waals surface area contributed by atoms with E-state index in [1.165, 1.54) is 0 Å². The van der Waals surface area contributed by atoms with Crippen LogP contribution >= 0.6 is 0 Å². The number of carbonyl (C=O) groups is 1. The maximum Gasteiger partial charge on any atom is 0.251 e. The van der Waals surface area contributed by atoms with Gasteiger partial charge in [0.15, 0.2) is 5.82 Å². The van der Waals surface area contributed by atoms with Crippen molar-refractivity contribution in [3.05, 3.63) is 35.7 Å². The van der Waals surface area contributed by atoms with E-state index in [2.05, 4.69) is 20.8 Å². The summed E-state index contributed by atoms with van der Waals surface area (Å²) in [6, 6.07) is 7.06. The number of aryl methyl sites for hydroxylation is 1. The second-order valence-electron chi connectivity index (χ2n) is 5.57. The molecule has 0 bridgehead atoms. The third kappa shape index (κ3) is 4.08. The van der Waals surface area contributed by atoms with Gasteiger partial charge in [0.1, 0.15) is 12.4 Å². The average molecular weight is 331 g/mol. The molecule has 1 fully saturated rings. The van der Waals surface area contributed by atoms with Crippen LogP contribution in [0.5, 0.6) is 5.75 Å². The van der Waals surface area contributed by atoms with E-state index in [-0.39, 0.29) is 18.6 Å². The second-order valence-corrected chi connectivity index (χ2v) is 5.57. The highest BCUT2D eigenvalue weighted by Gasteiger charge is 2.17. The first-order chi connectivity index (χ1) is 11.8. The van der Waals surface area contributed by atoms with Crippen LogP contribution in [0, 0.1) is 0 Å². The molecular formula is C16H21N5O3. The van der Waals surface area contributed by atoms with E-state index < -0.39 is 0 Å². The summed E-state index contributed by atoms with van der Waals surface area (Å²) in [6.45, 7) is 4.20. The molecule has 128 valence electrons. The molecular weight excluding hydrogens is 310 g/mol. The predicted molar refractivity (Wildman–Crippen MR) is 85.6 cm³/mol. The van der Waals surface area contributed by atoms with Crippen LogP contribution in [0.2, 0.25) is 0 Å². The molecule has 1 aliphatic rings. The molecule has 1 aromatic carbocycles. The molecule has 0 saturated carbocycles. The molecule has 2 heterocycles. The Morgan fingerprint density at radius 3 is 3.21 bits per heavy atom. The number of nitrogens with one attached hydrogen (secondary N) is 1. The van der Waals surface area contributed by atoms with E-state index in [0.29, 0.717) is 30.2 Å². The molecule has 1 atom stereocenters. The highest BCUT2D eigenvalue weighted by Crippen LogP contribution is 2.15. The van der Waals surface area contributed by atoms with Crippen molar-refractivity contribution in [2.45, 2.75) is 39.0 Å². The third-order valence-corrected chi connectivity index (χ3v) is 3.88. The van der Waals surface area contributed by atoms with Crippen molar-refractivity contribution in [1.82, 2.24) is 25.5 Å². The number of ether oxygens (including phenoxy) is 2. The number of carbonyl (C=O) groups excluding carboxylic acids is 1. The highest BCUT2D eigenvalue weighted by molar-refractivity contribution is 5.94. The van der Waals surface area contributed by atoms with E-state index in [9.17, 15) is 4.79 Å². The Hall–Kier alpha value is -2.48. The highest BCUT2D eigenvalue weighted by atomic mass is 16.5. The number of amides is 1. The second kappa shape index (κ2) is 7.87. The van der Waals surface area contributed by atoms with E-state index in [4.69, 9.17) is 9.47 Å². The minimum atomic E-state index is -0.130. The van der Waals surface area contributed by atoms with Gasteiger partial charge in [-0.25, -0.2) is 4.68 Å². The quantitative estimate of drug-likeness (QED) is 0.819. The third-order valence-electron chi connectivity index (χ3n) is 3.88. The molecule has 8 heteroatoms. The van der Waals surface area contributed by atoms with Gasteiger partial charge in [0, 0.05) is 25.3 Å². The summed E-state index contributed by atoms with van der Waals surface area (Å²) in [6.07, 6.45) is 2.18. The lowest BCUT2D eigenvalue weighted by Gasteiger charge is -2.11. The van der Waals surface area contributed by atoms with Gasteiger partial charge < -0.3 is 14.8 Å². The minimum Gasteiger partial charge on any atom is -0.486 e. The Labute approximate surface area is 140 Å². The van der Waals surface area contributed by atoms with Gasteiger partial charge in [0.25, 0.3) is 5.91 Å². The average Bonchev–Trinajstić information content (AvgIpc) is 3.29. The van der Waals surface area contributed by atoms with Crippen LogP contribution in [0.3, 0.4) is 0 Å². The molecule has 1 aliphatic heterocycles. The molecule has 1 amide bonds. The van der Waals surface area contributed by atoms with Crippen LogP contribution in [0.1, 0.15) is 35.9 Å². The molecule has 2 aromatic rings. The molecule has 1 N–H and O–H groups in total. The van der Waals surface area contributed by atoms with Crippen molar-refractivity contribution in [3.63, 3.8) is 0 Å². The SMILES string of the molecule is CCn1nnnc1COc1cccc(C(=O)NCC2CCCO2)c1. The zero-order valence-electron chi connectivity index (χ0n) is 13.6. The number of benzene rings is 1. The molecule has 1 saturated heterocycles. The summed E-state index contributed by atoms with van der Waals surface area (Å²) < 4.78 is 12.9. The van der Waals surface area contributed by atoms with Crippen molar-refractivity contribution in [3.8, 4) is 5.75 Å². The van der Waals surface area contributed by atoms with Crippen LogP contribution in [0.4, 0.5) is 0 Å². The first-order valence-corrected chi connectivity index (χ1v) is 8.14. The number of rotatable bonds is 7. The van der Waals surface area contributed by atoms with Crippen LogP contribution in [-0.4, -0.2) is 45.4 Å². The van der Waals surface area contributed by atoms with E-state index in [1.54, 1.807) is 28.9 Å². The van der Waals surface area contributed by atoms with E-state index in [1.807, 2.05) is 6.92 Å². The summed E-state index contributed by atoms with van der Waals surface area (Å²) in [5, 5.41) is 14.3. The lowest BCUT2D eigenvalue weighted by Crippen LogP contribution is -2.31. The standard InChI is InChI=1S/C16H21N5O3/c1-2-21-15(18-19-20-21)11-24-13-6-3-5-12(9-13)16(22)17-10-14-7-4-8-23-14/h3,5-6,9,14H,2,4,7-8,10-11H2,1H3,(H,17,22). The van der Waals surface area contributed by atoms with Gasteiger partial charge in [-0.05, 0) is 48.4 Å². The van der Waals surface area contributed by atoms with Crippen LogP contribution in [0.25, 0.3) is 0 Å². The number of tetrazole rings is 1. The molecule has 1 unspecified atom stereocenters. The van der Waals surface area contributed by atoms with Gasteiger partial charge in [-0.1, -0.05) is 6.07 Å². The molecule has 24 heavy (non-hydrogen) atoms. The number of hydrogen-bond donors (Lipinski definition) is 1. The predicted octanol–water partition coefficient (Wildman–Crippen LogP) is 1.18. The zero-order chi connectivity index (χ0) is 16.8. The van der Waals surface area contributed by atoms with Gasteiger partial charge >= 0.3 is 0 Å². The summed E-state index contributed by atoms with van der Waals surface area (Å²) in [5.41, 5.74) is 0.556. The maximum absolute atomic E-state index is 12.2. The van der Waals surface area contributed by atoms with Crippen LogP contribution in [0.15, 0.2) is 24.3 Å². The summed E-state index contributed by atoms with van der Waals surface area (Å²) in [4.78, 5) is 12.2. The fourth-order valence-corrected chi connectivity index (χ4v) is 2.56. The lowest BCUT2D eigenvalue weighted by atomic mass is 10.2. The zero-order valence-corrected chi connectivity index (χ0v) is 13.6. The first kappa shape index (κ1) is 16.4. The van der Waals surface area contributed by atoms with Gasteiger partial charge in [-0.2, -0.15) is 0 Å². The Balaban J connectivity index is 1.55. The van der Waals surface area contributed by atoms with E-state index in [0.717, 1.165) is 19.4 Å².